The summed E-state index contributed by atoms with van der Waals surface area (Å²) in [5.74, 6) is 0. The van der Waals surface area contributed by atoms with Crippen LogP contribution in [0.15, 0.2) is 23.3 Å². The van der Waals surface area contributed by atoms with Crippen molar-refractivity contribution < 1.29 is 18.0 Å². The first-order chi connectivity index (χ1) is 7.43. The number of alkyl halides is 3. The van der Waals surface area contributed by atoms with Crippen LogP contribution in [-0.4, -0.2) is 15.7 Å². The van der Waals surface area contributed by atoms with E-state index in [-0.39, 0.29) is 17.4 Å². The van der Waals surface area contributed by atoms with Crippen molar-refractivity contribution in [1.29, 1.82) is 0 Å². The van der Waals surface area contributed by atoms with Crippen LogP contribution in [-0.2, 0) is 6.18 Å². The number of rotatable bonds is 1. The molecule has 0 radical (unpaired) electrons. The third-order valence-electron chi connectivity index (χ3n) is 2.12. The maximum absolute atomic E-state index is 12.6. The molecule has 16 heavy (non-hydrogen) atoms. The van der Waals surface area contributed by atoms with Crippen LogP contribution in [0.2, 0.25) is 0 Å². The number of pyridine rings is 1. The maximum Gasteiger partial charge on any atom is 0.418 e. The van der Waals surface area contributed by atoms with Crippen LogP contribution in [0.5, 0.6) is 0 Å². The molecule has 84 valence electrons. The normalized spacial score (nSPS) is 11.9. The quantitative estimate of drug-likeness (QED) is 0.754. The number of aromatic amines is 1. The molecule has 0 atom stereocenters. The van der Waals surface area contributed by atoms with Crippen LogP contribution < -0.4 is 5.69 Å². The van der Waals surface area contributed by atoms with E-state index in [4.69, 9.17) is 0 Å². The predicted molar refractivity (Wildman–Crippen MR) is 48.4 cm³/mol. The lowest BCUT2D eigenvalue weighted by molar-refractivity contribution is -0.136. The summed E-state index contributed by atoms with van der Waals surface area (Å²) in [7, 11) is 0. The zero-order valence-corrected chi connectivity index (χ0v) is 7.71. The highest BCUT2D eigenvalue weighted by Gasteiger charge is 2.33. The van der Waals surface area contributed by atoms with Gasteiger partial charge in [-0.25, -0.2) is 4.79 Å². The van der Waals surface area contributed by atoms with Crippen molar-refractivity contribution >= 4 is 11.8 Å². The summed E-state index contributed by atoms with van der Waals surface area (Å²) >= 11 is 0. The molecule has 0 spiro atoms. The molecule has 0 amide bonds. The van der Waals surface area contributed by atoms with Crippen molar-refractivity contribution in [1.82, 2.24) is 9.38 Å². The minimum absolute atomic E-state index is 0.207. The molecule has 0 aromatic carbocycles. The Morgan fingerprint density at radius 2 is 2.06 bits per heavy atom. The predicted octanol–water partition coefficient (Wildman–Crippen LogP) is 1.46. The Kier molecular flexibility index (Phi) is 2.11. The molecule has 0 aliphatic rings. The lowest BCUT2D eigenvalue weighted by Crippen LogP contribution is -2.14. The standard InChI is InChI=1S/C9H5F3N2O2/c10-9(11,12)6-1-5(4-15)3-14-7(6)2-13-8(14)16/h1-4H,(H,13,16). The molecule has 0 fully saturated rings. The number of aromatic nitrogens is 2. The Morgan fingerprint density at radius 1 is 1.38 bits per heavy atom. The Morgan fingerprint density at radius 3 is 2.62 bits per heavy atom. The topological polar surface area (TPSA) is 54.3 Å². The second-order valence-corrected chi connectivity index (χ2v) is 3.15. The van der Waals surface area contributed by atoms with Crippen LogP contribution >= 0.6 is 0 Å². The molecule has 0 bridgehead atoms. The van der Waals surface area contributed by atoms with E-state index in [2.05, 4.69) is 4.98 Å². The highest BCUT2D eigenvalue weighted by atomic mass is 19.4. The second kappa shape index (κ2) is 3.22. The minimum atomic E-state index is -4.61. The first-order valence-corrected chi connectivity index (χ1v) is 4.19. The second-order valence-electron chi connectivity index (χ2n) is 3.15. The molecule has 2 rings (SSSR count). The van der Waals surface area contributed by atoms with Gasteiger partial charge in [-0.15, -0.1) is 0 Å². The molecule has 0 unspecified atom stereocenters. The molecular weight excluding hydrogens is 225 g/mol. The number of H-pyrrole nitrogens is 1. The number of imidazole rings is 1. The van der Waals surface area contributed by atoms with Gasteiger partial charge in [-0.3, -0.25) is 9.20 Å². The maximum atomic E-state index is 12.6. The van der Waals surface area contributed by atoms with Crippen molar-refractivity contribution in [3.63, 3.8) is 0 Å². The molecule has 0 aliphatic carbocycles. The minimum Gasteiger partial charge on any atom is -0.312 e. The molecule has 2 heterocycles. The van der Waals surface area contributed by atoms with Crippen molar-refractivity contribution in [2.75, 3.05) is 0 Å². The summed E-state index contributed by atoms with van der Waals surface area (Å²) in [6.45, 7) is 0. The van der Waals surface area contributed by atoms with Gasteiger partial charge in [0.05, 0.1) is 11.1 Å². The van der Waals surface area contributed by atoms with E-state index in [1.165, 1.54) is 0 Å². The average molecular weight is 230 g/mol. The number of fused-ring (bicyclic) bond motifs is 1. The third kappa shape index (κ3) is 1.50. The highest BCUT2D eigenvalue weighted by molar-refractivity contribution is 5.76. The van der Waals surface area contributed by atoms with Gasteiger partial charge in [-0.2, -0.15) is 13.2 Å². The lowest BCUT2D eigenvalue weighted by Gasteiger charge is -2.08. The number of hydrogen-bond acceptors (Lipinski definition) is 2. The SMILES string of the molecule is O=Cc1cc(C(F)(F)F)c2c[nH]c(=O)n2c1. The van der Waals surface area contributed by atoms with E-state index in [1.54, 1.807) is 0 Å². The molecule has 2 aromatic rings. The van der Waals surface area contributed by atoms with Crippen molar-refractivity contribution in [2.24, 2.45) is 0 Å². The van der Waals surface area contributed by atoms with E-state index in [0.717, 1.165) is 16.8 Å². The molecule has 0 saturated heterocycles. The van der Waals surface area contributed by atoms with Crippen LogP contribution in [0.3, 0.4) is 0 Å². The Hall–Kier alpha value is -2.05. The Labute approximate surface area is 86.3 Å². The number of nitrogens with zero attached hydrogens (tertiary/aromatic N) is 1. The molecule has 0 aliphatic heterocycles. The number of aldehydes is 1. The Bertz CT molecular complexity index is 609. The van der Waals surface area contributed by atoms with Gasteiger partial charge in [0.25, 0.3) is 0 Å². The van der Waals surface area contributed by atoms with Crippen molar-refractivity contribution in [3.8, 4) is 0 Å². The van der Waals surface area contributed by atoms with Gasteiger partial charge in [0.15, 0.2) is 6.29 Å². The highest BCUT2D eigenvalue weighted by Crippen LogP contribution is 2.32. The van der Waals surface area contributed by atoms with Gasteiger partial charge in [-0.1, -0.05) is 0 Å². The molecule has 0 saturated carbocycles. The van der Waals surface area contributed by atoms with Crippen LogP contribution in [0.25, 0.3) is 5.52 Å². The lowest BCUT2D eigenvalue weighted by atomic mass is 10.1. The van der Waals surface area contributed by atoms with E-state index < -0.39 is 17.4 Å². The smallest absolute Gasteiger partial charge is 0.312 e. The average Bonchev–Trinajstić information content (AvgIpc) is 2.58. The number of nitrogens with one attached hydrogen (secondary N) is 1. The van der Waals surface area contributed by atoms with Gasteiger partial charge in [0.2, 0.25) is 0 Å². The molecule has 4 nitrogen and oxygen atoms in total. The zero-order chi connectivity index (χ0) is 11.9. The number of halogens is 3. The monoisotopic (exact) mass is 230 g/mol. The van der Waals surface area contributed by atoms with Crippen molar-refractivity contribution in [2.45, 2.75) is 6.18 Å². The molecular formula is C9H5F3N2O2. The summed E-state index contributed by atoms with van der Waals surface area (Å²) in [5, 5.41) is 0. The van der Waals surface area contributed by atoms with Gasteiger partial charge < -0.3 is 4.98 Å². The van der Waals surface area contributed by atoms with Crippen LogP contribution in [0, 0.1) is 0 Å². The first kappa shape index (κ1) is 10.5. The van der Waals surface area contributed by atoms with Gasteiger partial charge >= 0.3 is 11.9 Å². The fraction of sp³-hybridized carbons (Fsp3) is 0.111. The summed E-state index contributed by atoms with van der Waals surface area (Å²) in [4.78, 5) is 23.8. The molecule has 2 aromatic heterocycles. The van der Waals surface area contributed by atoms with Crippen LogP contribution in [0.4, 0.5) is 13.2 Å². The fourth-order valence-electron chi connectivity index (χ4n) is 1.43. The molecule has 7 heteroatoms. The van der Waals surface area contributed by atoms with Crippen molar-refractivity contribution in [3.05, 3.63) is 40.1 Å². The van der Waals surface area contributed by atoms with Gasteiger partial charge in [0.1, 0.15) is 0 Å². The van der Waals surface area contributed by atoms with E-state index in [0.29, 0.717) is 6.07 Å². The summed E-state index contributed by atoms with van der Waals surface area (Å²) in [6.07, 6.45) is -2.34. The largest absolute Gasteiger partial charge is 0.418 e. The number of carbonyl (C=O) groups is 1. The van der Waals surface area contributed by atoms with E-state index in [9.17, 15) is 22.8 Å². The zero-order valence-electron chi connectivity index (χ0n) is 7.71. The summed E-state index contributed by atoms with van der Waals surface area (Å²) in [5.41, 5.74) is -2.25. The number of hydrogen-bond donors (Lipinski definition) is 1. The van der Waals surface area contributed by atoms with Crippen LogP contribution in [0.1, 0.15) is 15.9 Å². The summed E-state index contributed by atoms with van der Waals surface area (Å²) < 4.78 is 38.6. The number of carbonyl (C=O) groups excluding carboxylic acids is 1. The van der Waals surface area contributed by atoms with E-state index in [1.807, 2.05) is 0 Å². The third-order valence-corrected chi connectivity index (χ3v) is 2.12. The van der Waals surface area contributed by atoms with Gasteiger partial charge in [-0.05, 0) is 6.07 Å². The molecule has 1 N–H and O–H groups in total. The first-order valence-electron chi connectivity index (χ1n) is 4.19. The fourth-order valence-corrected chi connectivity index (χ4v) is 1.43. The Balaban J connectivity index is 2.91. The van der Waals surface area contributed by atoms with E-state index >= 15 is 0 Å². The summed E-state index contributed by atoms with van der Waals surface area (Å²) in [6, 6.07) is 0.704. The van der Waals surface area contributed by atoms with Gasteiger partial charge in [0, 0.05) is 18.0 Å².